The first-order chi connectivity index (χ1) is 15.0. The Hall–Kier alpha value is 0.870. The molecule has 32 heavy (non-hydrogen) atoms. The summed E-state index contributed by atoms with van der Waals surface area (Å²) in [6.07, 6.45) is 28.3. The van der Waals surface area contributed by atoms with Crippen molar-refractivity contribution in [2.75, 3.05) is 5.75 Å². The quantitative estimate of drug-likeness (QED) is 0.114. The minimum atomic E-state index is -4.19. The number of aliphatic hydroxyl groups is 1. The largest absolute Gasteiger partial charge is 1.00 e. The second kappa shape index (κ2) is 26.5. The van der Waals surface area contributed by atoms with E-state index in [1.54, 1.807) is 0 Å². The van der Waals surface area contributed by atoms with Gasteiger partial charge in [0.25, 0.3) is 0 Å². The van der Waals surface area contributed by atoms with E-state index in [1.165, 1.54) is 122 Å². The Morgan fingerprint density at radius 3 is 1.12 bits per heavy atom. The molecule has 1 N–H and O–H groups in total. The molecule has 0 aliphatic heterocycles. The van der Waals surface area contributed by atoms with Gasteiger partial charge in [-0.3, -0.25) is 0 Å². The molecular weight excluding hydrogens is 431 g/mol. The molecule has 1 atom stereocenters. The van der Waals surface area contributed by atoms with E-state index in [9.17, 15) is 18.1 Å². The van der Waals surface area contributed by atoms with Crippen LogP contribution in [0.3, 0.4) is 0 Å². The van der Waals surface area contributed by atoms with Crippen molar-refractivity contribution in [1.82, 2.24) is 0 Å². The van der Waals surface area contributed by atoms with Gasteiger partial charge in [-0.15, -0.1) is 0 Å². The molecule has 0 aromatic carbocycles. The fourth-order valence-electron chi connectivity index (χ4n) is 4.24. The summed E-state index contributed by atoms with van der Waals surface area (Å²) in [6, 6.07) is 0. The Bertz CT molecular complexity index is 457. The maximum Gasteiger partial charge on any atom is 1.00 e. The molecule has 6 heteroatoms. The molecule has 188 valence electrons. The molecule has 0 fully saturated rings. The van der Waals surface area contributed by atoms with E-state index >= 15 is 0 Å². The van der Waals surface area contributed by atoms with E-state index < -0.39 is 22.0 Å². The van der Waals surface area contributed by atoms with Crippen molar-refractivity contribution in [2.45, 2.75) is 161 Å². The summed E-state index contributed by atoms with van der Waals surface area (Å²) < 4.78 is 31.6. The second-order valence-corrected chi connectivity index (χ2v) is 11.1. The van der Waals surface area contributed by atoms with Gasteiger partial charge in [0.1, 0.15) is 0 Å². The van der Waals surface area contributed by atoms with Gasteiger partial charge in [-0.05, 0) is 12.8 Å². The minimum absolute atomic E-state index is 0. The van der Waals surface area contributed by atoms with Crippen molar-refractivity contribution in [3.05, 3.63) is 0 Å². The Morgan fingerprint density at radius 1 is 0.562 bits per heavy atom. The molecule has 0 aromatic heterocycles. The number of hydrogen-bond donors (Lipinski definition) is 1. The van der Waals surface area contributed by atoms with E-state index in [0.717, 1.165) is 12.8 Å². The van der Waals surface area contributed by atoms with Gasteiger partial charge in [0, 0.05) is 5.75 Å². The standard InChI is InChI=1S/C26H54O4S.Na/c1-2-3-4-5-6-7-8-9-10-11-12-13-14-15-16-17-18-19-20-21-22-23-26(27)24-25-31(28,29)30;/h26-27H,2-25H2,1H3,(H,28,29,30);/q;+1/p-1. The number of aliphatic hydroxyl groups excluding tert-OH is 1. The summed E-state index contributed by atoms with van der Waals surface area (Å²) in [4.78, 5) is 0. The Morgan fingerprint density at radius 2 is 0.844 bits per heavy atom. The van der Waals surface area contributed by atoms with Crippen molar-refractivity contribution in [2.24, 2.45) is 0 Å². The SMILES string of the molecule is CCCCCCCCCCCCCCCCCCCCCCCC(O)CCS(=O)(=O)[O-].[Na+]. The summed E-state index contributed by atoms with van der Waals surface area (Å²) >= 11 is 0. The van der Waals surface area contributed by atoms with E-state index in [-0.39, 0.29) is 36.0 Å². The Kier molecular flexibility index (Phi) is 29.0. The van der Waals surface area contributed by atoms with Crippen LogP contribution in [0.5, 0.6) is 0 Å². The van der Waals surface area contributed by atoms with Crippen LogP contribution in [0, 0.1) is 0 Å². The topological polar surface area (TPSA) is 77.4 Å². The van der Waals surface area contributed by atoms with Crippen LogP contribution in [0.4, 0.5) is 0 Å². The molecular formula is C26H53NaO4S. The van der Waals surface area contributed by atoms with Crippen LogP contribution in [-0.4, -0.2) is 29.9 Å². The zero-order valence-corrected chi connectivity index (χ0v) is 24.4. The van der Waals surface area contributed by atoms with Gasteiger partial charge in [0.15, 0.2) is 0 Å². The van der Waals surface area contributed by atoms with Crippen LogP contribution >= 0.6 is 0 Å². The Balaban J connectivity index is 0. The van der Waals surface area contributed by atoms with Crippen molar-refractivity contribution < 1.29 is 47.6 Å². The van der Waals surface area contributed by atoms with Gasteiger partial charge < -0.3 is 9.66 Å². The predicted molar refractivity (Wildman–Crippen MR) is 132 cm³/mol. The molecule has 1 unspecified atom stereocenters. The number of hydrogen-bond acceptors (Lipinski definition) is 4. The van der Waals surface area contributed by atoms with E-state index in [1.807, 2.05) is 0 Å². The molecule has 0 amide bonds. The van der Waals surface area contributed by atoms with Gasteiger partial charge in [-0.2, -0.15) is 0 Å². The monoisotopic (exact) mass is 484 g/mol. The molecule has 0 aliphatic rings. The molecule has 0 spiro atoms. The summed E-state index contributed by atoms with van der Waals surface area (Å²) in [5, 5.41) is 9.67. The third kappa shape index (κ3) is 30.9. The summed E-state index contributed by atoms with van der Waals surface area (Å²) in [6.45, 7) is 2.28. The van der Waals surface area contributed by atoms with Crippen LogP contribution < -0.4 is 29.6 Å². The molecule has 0 aliphatic carbocycles. The van der Waals surface area contributed by atoms with Crippen LogP contribution in [0.25, 0.3) is 0 Å². The van der Waals surface area contributed by atoms with Crippen molar-refractivity contribution in [3.8, 4) is 0 Å². The van der Waals surface area contributed by atoms with Crippen LogP contribution in [0.2, 0.25) is 0 Å². The minimum Gasteiger partial charge on any atom is -0.748 e. The van der Waals surface area contributed by atoms with Crippen molar-refractivity contribution >= 4 is 10.1 Å². The van der Waals surface area contributed by atoms with Gasteiger partial charge in [-0.1, -0.05) is 142 Å². The normalized spacial score (nSPS) is 12.6. The first kappa shape index (κ1) is 35.0. The maximum absolute atomic E-state index is 10.5. The molecule has 4 nitrogen and oxygen atoms in total. The van der Waals surface area contributed by atoms with E-state index in [0.29, 0.717) is 6.42 Å². The maximum atomic E-state index is 10.5. The molecule has 0 rings (SSSR count). The third-order valence-electron chi connectivity index (χ3n) is 6.34. The van der Waals surface area contributed by atoms with E-state index in [4.69, 9.17) is 0 Å². The average Bonchev–Trinajstić information content (AvgIpc) is 2.73. The Labute approximate surface area is 223 Å². The third-order valence-corrected chi connectivity index (χ3v) is 7.08. The van der Waals surface area contributed by atoms with Gasteiger partial charge in [0.2, 0.25) is 0 Å². The average molecular weight is 485 g/mol. The smallest absolute Gasteiger partial charge is 0.748 e. The molecule has 0 radical (unpaired) electrons. The number of rotatable bonds is 25. The van der Waals surface area contributed by atoms with Gasteiger partial charge >= 0.3 is 29.6 Å². The van der Waals surface area contributed by atoms with Crippen LogP contribution in [-0.2, 0) is 10.1 Å². The van der Waals surface area contributed by atoms with Crippen molar-refractivity contribution in [3.63, 3.8) is 0 Å². The number of unbranched alkanes of at least 4 members (excludes halogenated alkanes) is 20. The molecule has 0 saturated heterocycles. The predicted octanol–water partition coefficient (Wildman–Crippen LogP) is 4.89. The molecule has 0 saturated carbocycles. The van der Waals surface area contributed by atoms with Crippen molar-refractivity contribution in [1.29, 1.82) is 0 Å². The van der Waals surface area contributed by atoms with E-state index in [2.05, 4.69) is 6.92 Å². The fraction of sp³-hybridized carbons (Fsp3) is 1.00. The van der Waals surface area contributed by atoms with Crippen LogP contribution in [0.1, 0.15) is 155 Å². The van der Waals surface area contributed by atoms with Gasteiger partial charge in [0.05, 0.1) is 16.2 Å². The molecule has 0 bridgehead atoms. The molecule has 0 heterocycles. The van der Waals surface area contributed by atoms with Crippen LogP contribution in [0.15, 0.2) is 0 Å². The zero-order valence-electron chi connectivity index (χ0n) is 21.6. The first-order valence-corrected chi connectivity index (χ1v) is 15.1. The summed E-state index contributed by atoms with van der Waals surface area (Å²) in [5.74, 6) is -0.451. The summed E-state index contributed by atoms with van der Waals surface area (Å²) in [5.41, 5.74) is 0. The fourth-order valence-corrected chi connectivity index (χ4v) is 4.80. The first-order valence-electron chi connectivity index (χ1n) is 13.6. The zero-order chi connectivity index (χ0) is 23.0. The summed E-state index contributed by atoms with van der Waals surface area (Å²) in [7, 11) is -4.19. The molecule has 0 aromatic rings. The van der Waals surface area contributed by atoms with Gasteiger partial charge in [-0.25, -0.2) is 8.42 Å². The second-order valence-electron chi connectivity index (χ2n) is 9.56.